The molecule has 2 aromatic carbocycles. The van der Waals surface area contributed by atoms with Crippen LogP contribution in [0.1, 0.15) is 5.56 Å². The van der Waals surface area contributed by atoms with E-state index in [9.17, 15) is 8.78 Å². The number of methoxy groups -OCH3 is 1. The average molecular weight is 269 g/mol. The van der Waals surface area contributed by atoms with Gasteiger partial charge in [0.2, 0.25) is 0 Å². The summed E-state index contributed by atoms with van der Waals surface area (Å²) in [4.78, 5) is 0. The largest absolute Gasteiger partial charge is 0.496 e. The zero-order valence-electron chi connectivity index (χ0n) is 9.71. The SMILES string of the molecule is COc1ccc(CCl)cc1-c1ccc(F)c(F)c1. The maximum atomic E-state index is 13.2. The molecule has 0 amide bonds. The molecule has 0 radical (unpaired) electrons. The van der Waals surface area contributed by atoms with Crippen molar-refractivity contribution in [3.8, 4) is 16.9 Å². The van der Waals surface area contributed by atoms with E-state index in [1.165, 1.54) is 13.2 Å². The minimum absolute atomic E-state index is 0.348. The maximum absolute atomic E-state index is 13.2. The second-order valence-electron chi connectivity index (χ2n) is 3.80. The van der Waals surface area contributed by atoms with Gasteiger partial charge in [0.25, 0.3) is 0 Å². The Labute approximate surface area is 109 Å². The summed E-state index contributed by atoms with van der Waals surface area (Å²) in [6.45, 7) is 0. The summed E-state index contributed by atoms with van der Waals surface area (Å²) in [6.07, 6.45) is 0. The molecule has 1 nitrogen and oxygen atoms in total. The summed E-state index contributed by atoms with van der Waals surface area (Å²) < 4.78 is 31.4. The Kier molecular flexibility index (Phi) is 3.82. The van der Waals surface area contributed by atoms with E-state index in [1.807, 2.05) is 6.07 Å². The number of hydrogen-bond acceptors (Lipinski definition) is 1. The van der Waals surface area contributed by atoms with Gasteiger partial charge in [0.05, 0.1) is 7.11 Å². The van der Waals surface area contributed by atoms with Crippen LogP contribution in [0.15, 0.2) is 36.4 Å². The predicted molar refractivity (Wildman–Crippen MR) is 67.9 cm³/mol. The van der Waals surface area contributed by atoms with Crippen molar-refractivity contribution >= 4 is 11.6 Å². The van der Waals surface area contributed by atoms with Crippen molar-refractivity contribution < 1.29 is 13.5 Å². The van der Waals surface area contributed by atoms with Gasteiger partial charge in [0, 0.05) is 11.4 Å². The first-order valence-electron chi connectivity index (χ1n) is 5.34. The van der Waals surface area contributed by atoms with Crippen molar-refractivity contribution in [3.63, 3.8) is 0 Å². The van der Waals surface area contributed by atoms with Crippen LogP contribution in [0, 0.1) is 11.6 Å². The Bertz CT molecular complexity index is 570. The maximum Gasteiger partial charge on any atom is 0.159 e. The van der Waals surface area contributed by atoms with E-state index in [0.29, 0.717) is 22.8 Å². The number of rotatable bonds is 3. The molecule has 0 aromatic heterocycles. The highest BCUT2D eigenvalue weighted by molar-refractivity contribution is 6.17. The molecule has 94 valence electrons. The van der Waals surface area contributed by atoms with Crippen molar-refractivity contribution in [2.75, 3.05) is 7.11 Å². The lowest BCUT2D eigenvalue weighted by molar-refractivity contribution is 0.416. The minimum Gasteiger partial charge on any atom is -0.496 e. The van der Waals surface area contributed by atoms with Gasteiger partial charge in [-0.1, -0.05) is 12.1 Å². The minimum atomic E-state index is -0.883. The Balaban J connectivity index is 2.57. The third-order valence-electron chi connectivity index (χ3n) is 2.65. The molecular formula is C14H11ClF2O. The highest BCUT2D eigenvalue weighted by Gasteiger charge is 2.10. The quantitative estimate of drug-likeness (QED) is 0.751. The van der Waals surface area contributed by atoms with Gasteiger partial charge >= 0.3 is 0 Å². The van der Waals surface area contributed by atoms with Crippen LogP contribution in [0.5, 0.6) is 5.75 Å². The van der Waals surface area contributed by atoms with Crippen LogP contribution in [0.4, 0.5) is 8.78 Å². The Morgan fingerprint density at radius 2 is 1.83 bits per heavy atom. The van der Waals surface area contributed by atoms with Crippen LogP contribution in [0.3, 0.4) is 0 Å². The second-order valence-corrected chi connectivity index (χ2v) is 4.06. The second kappa shape index (κ2) is 5.36. The number of hydrogen-bond donors (Lipinski definition) is 0. The normalized spacial score (nSPS) is 10.4. The number of ether oxygens (including phenoxy) is 1. The standard InChI is InChI=1S/C14H11ClF2O/c1-18-14-5-2-9(8-15)6-11(14)10-3-4-12(16)13(17)7-10/h2-7H,8H2,1H3. The van der Waals surface area contributed by atoms with Gasteiger partial charge in [-0.3, -0.25) is 0 Å². The molecule has 0 heterocycles. The first kappa shape index (κ1) is 12.8. The van der Waals surface area contributed by atoms with E-state index in [-0.39, 0.29) is 0 Å². The van der Waals surface area contributed by atoms with E-state index in [0.717, 1.165) is 17.7 Å². The molecule has 2 aromatic rings. The van der Waals surface area contributed by atoms with Gasteiger partial charge < -0.3 is 4.74 Å². The van der Waals surface area contributed by atoms with Gasteiger partial charge in [0.15, 0.2) is 11.6 Å². The van der Waals surface area contributed by atoms with Gasteiger partial charge in [0.1, 0.15) is 5.75 Å². The van der Waals surface area contributed by atoms with Crippen molar-refractivity contribution in [1.29, 1.82) is 0 Å². The summed E-state index contributed by atoms with van der Waals surface area (Å²) in [5, 5.41) is 0. The monoisotopic (exact) mass is 268 g/mol. The van der Waals surface area contributed by atoms with Gasteiger partial charge in [-0.25, -0.2) is 8.78 Å². The molecule has 0 aliphatic heterocycles. The Morgan fingerprint density at radius 3 is 2.44 bits per heavy atom. The van der Waals surface area contributed by atoms with Crippen molar-refractivity contribution in [3.05, 3.63) is 53.6 Å². The molecule has 0 saturated carbocycles. The van der Waals surface area contributed by atoms with E-state index in [1.54, 1.807) is 12.1 Å². The van der Waals surface area contributed by atoms with E-state index in [4.69, 9.17) is 16.3 Å². The topological polar surface area (TPSA) is 9.23 Å². The number of halogens is 3. The van der Waals surface area contributed by atoms with Crippen molar-refractivity contribution in [2.45, 2.75) is 5.88 Å². The van der Waals surface area contributed by atoms with Crippen LogP contribution >= 0.6 is 11.6 Å². The Hall–Kier alpha value is -1.61. The smallest absolute Gasteiger partial charge is 0.159 e. The van der Waals surface area contributed by atoms with Crippen molar-refractivity contribution in [1.82, 2.24) is 0 Å². The third-order valence-corrected chi connectivity index (χ3v) is 2.96. The molecule has 0 spiro atoms. The van der Waals surface area contributed by atoms with Crippen LogP contribution in [0.25, 0.3) is 11.1 Å². The molecule has 0 atom stereocenters. The van der Waals surface area contributed by atoms with Crippen LogP contribution < -0.4 is 4.74 Å². The molecule has 0 saturated heterocycles. The van der Waals surface area contributed by atoms with Crippen LogP contribution in [-0.2, 0) is 5.88 Å². The summed E-state index contributed by atoms with van der Waals surface area (Å²) in [5.74, 6) is -0.812. The van der Waals surface area contributed by atoms with Crippen LogP contribution in [-0.4, -0.2) is 7.11 Å². The first-order valence-corrected chi connectivity index (χ1v) is 5.87. The molecule has 18 heavy (non-hydrogen) atoms. The van der Waals surface area contributed by atoms with E-state index in [2.05, 4.69) is 0 Å². The molecule has 0 N–H and O–H groups in total. The van der Waals surface area contributed by atoms with E-state index < -0.39 is 11.6 Å². The summed E-state index contributed by atoms with van der Waals surface area (Å²) in [7, 11) is 1.53. The molecule has 0 aliphatic carbocycles. The zero-order chi connectivity index (χ0) is 13.1. The molecule has 2 rings (SSSR count). The van der Waals surface area contributed by atoms with Crippen LogP contribution in [0.2, 0.25) is 0 Å². The highest BCUT2D eigenvalue weighted by Crippen LogP contribution is 2.32. The fraction of sp³-hybridized carbons (Fsp3) is 0.143. The molecule has 0 bridgehead atoms. The fourth-order valence-corrected chi connectivity index (χ4v) is 1.89. The Morgan fingerprint density at radius 1 is 1.06 bits per heavy atom. The molecule has 4 heteroatoms. The fourth-order valence-electron chi connectivity index (χ4n) is 1.73. The summed E-state index contributed by atoms with van der Waals surface area (Å²) in [5.41, 5.74) is 2.13. The zero-order valence-corrected chi connectivity index (χ0v) is 10.5. The third kappa shape index (κ3) is 2.46. The summed E-state index contributed by atoms with van der Waals surface area (Å²) >= 11 is 5.76. The van der Waals surface area contributed by atoms with Crippen molar-refractivity contribution in [2.24, 2.45) is 0 Å². The first-order chi connectivity index (χ1) is 8.65. The summed E-state index contributed by atoms with van der Waals surface area (Å²) in [6, 6.07) is 9.14. The highest BCUT2D eigenvalue weighted by atomic mass is 35.5. The molecule has 0 aliphatic rings. The van der Waals surface area contributed by atoms with Gasteiger partial charge in [-0.05, 0) is 35.4 Å². The number of benzene rings is 2. The molecule has 0 unspecified atom stereocenters. The molecule has 0 fully saturated rings. The number of alkyl halides is 1. The van der Waals surface area contributed by atoms with Gasteiger partial charge in [-0.15, -0.1) is 11.6 Å². The van der Waals surface area contributed by atoms with E-state index >= 15 is 0 Å². The predicted octanol–water partition coefficient (Wildman–Crippen LogP) is 4.38. The lowest BCUT2D eigenvalue weighted by atomic mass is 10.0. The lowest BCUT2D eigenvalue weighted by Crippen LogP contribution is -1.91. The average Bonchev–Trinajstić information content (AvgIpc) is 2.41. The molecular weight excluding hydrogens is 258 g/mol. The lowest BCUT2D eigenvalue weighted by Gasteiger charge is -2.10. The van der Waals surface area contributed by atoms with Gasteiger partial charge in [-0.2, -0.15) is 0 Å².